The normalized spacial score (nSPS) is 22.5. The standard InChI is InChI=1S/C48H64O4/c1-8-27-46(3,4)52-45(50)37-17-13-16-36(30-37)44(49)51-43-25-23-39(32-41(43)34-14-11-10-12-15-34)47(5,6)38-22-24-42-40(31-38)35-20-18-33(19-21-35)26-29-48(42,7)28-9-2/h13,16-17,22-25,30-35H,8-12,14-15,18-21,26-29H2,1-7H3. The molecule has 3 aromatic rings. The largest absolute Gasteiger partial charge is 0.456 e. The van der Waals surface area contributed by atoms with Gasteiger partial charge in [0.25, 0.3) is 0 Å². The van der Waals surface area contributed by atoms with Gasteiger partial charge in [0.15, 0.2) is 0 Å². The minimum absolute atomic E-state index is 0.224. The van der Waals surface area contributed by atoms with Crippen molar-refractivity contribution in [1.82, 2.24) is 0 Å². The molecule has 2 saturated carbocycles. The molecule has 0 spiro atoms. The van der Waals surface area contributed by atoms with Gasteiger partial charge in [-0.15, -0.1) is 0 Å². The molecule has 4 aliphatic carbocycles. The van der Waals surface area contributed by atoms with Crippen molar-refractivity contribution in [2.45, 2.75) is 173 Å². The van der Waals surface area contributed by atoms with E-state index in [-0.39, 0.29) is 10.8 Å². The first-order chi connectivity index (χ1) is 24.8. The van der Waals surface area contributed by atoms with Crippen LogP contribution in [0.2, 0.25) is 0 Å². The lowest BCUT2D eigenvalue weighted by atomic mass is 9.69. The van der Waals surface area contributed by atoms with E-state index in [1.54, 1.807) is 35.4 Å². The Morgan fingerprint density at radius 2 is 1.35 bits per heavy atom. The fourth-order valence-corrected chi connectivity index (χ4v) is 9.89. The van der Waals surface area contributed by atoms with E-state index in [4.69, 9.17) is 9.47 Å². The predicted molar refractivity (Wildman–Crippen MR) is 213 cm³/mol. The Hall–Kier alpha value is -3.40. The van der Waals surface area contributed by atoms with Gasteiger partial charge in [-0.2, -0.15) is 0 Å². The summed E-state index contributed by atoms with van der Waals surface area (Å²) in [7, 11) is 0. The van der Waals surface area contributed by atoms with E-state index in [0.717, 1.165) is 37.2 Å². The van der Waals surface area contributed by atoms with Gasteiger partial charge >= 0.3 is 11.9 Å². The first-order valence-corrected chi connectivity index (χ1v) is 20.7. The molecule has 0 amide bonds. The molecule has 0 saturated heterocycles. The van der Waals surface area contributed by atoms with Crippen molar-refractivity contribution in [2.75, 3.05) is 0 Å². The van der Waals surface area contributed by atoms with E-state index in [1.807, 2.05) is 19.9 Å². The van der Waals surface area contributed by atoms with Crippen molar-refractivity contribution in [2.24, 2.45) is 5.92 Å². The van der Waals surface area contributed by atoms with E-state index in [9.17, 15) is 9.59 Å². The van der Waals surface area contributed by atoms with Gasteiger partial charge in [-0.05, 0) is 153 Å². The lowest BCUT2D eigenvalue weighted by Gasteiger charge is -2.35. The molecule has 0 N–H and O–H groups in total. The van der Waals surface area contributed by atoms with E-state index < -0.39 is 17.5 Å². The molecule has 7 rings (SSSR count). The topological polar surface area (TPSA) is 52.6 Å². The highest BCUT2D eigenvalue weighted by Gasteiger charge is 2.37. The van der Waals surface area contributed by atoms with Crippen LogP contribution < -0.4 is 4.74 Å². The number of benzene rings is 3. The van der Waals surface area contributed by atoms with Crippen molar-refractivity contribution < 1.29 is 19.1 Å². The van der Waals surface area contributed by atoms with Crippen LogP contribution in [0.5, 0.6) is 5.75 Å². The van der Waals surface area contributed by atoms with Gasteiger partial charge in [-0.25, -0.2) is 9.59 Å². The van der Waals surface area contributed by atoms with E-state index >= 15 is 0 Å². The molecule has 2 bridgehead atoms. The molecule has 280 valence electrons. The highest BCUT2D eigenvalue weighted by atomic mass is 16.6. The highest BCUT2D eigenvalue weighted by Crippen LogP contribution is 2.49. The smallest absolute Gasteiger partial charge is 0.343 e. The number of ether oxygens (including phenoxy) is 2. The summed E-state index contributed by atoms with van der Waals surface area (Å²) in [6, 6.07) is 20.8. The van der Waals surface area contributed by atoms with Crippen LogP contribution in [-0.2, 0) is 15.6 Å². The fourth-order valence-electron chi connectivity index (χ4n) is 9.89. The van der Waals surface area contributed by atoms with E-state index in [1.165, 1.54) is 81.8 Å². The Kier molecular flexibility index (Phi) is 11.7. The summed E-state index contributed by atoms with van der Waals surface area (Å²) >= 11 is 0. The quantitative estimate of drug-likeness (QED) is 0.147. The summed E-state index contributed by atoms with van der Waals surface area (Å²) in [4.78, 5) is 26.7. The van der Waals surface area contributed by atoms with Crippen LogP contribution in [0.15, 0.2) is 60.7 Å². The number of esters is 2. The Morgan fingerprint density at radius 3 is 2.02 bits per heavy atom. The second-order valence-electron chi connectivity index (χ2n) is 18.0. The summed E-state index contributed by atoms with van der Waals surface area (Å²) in [5.41, 5.74) is 7.13. The van der Waals surface area contributed by atoms with Crippen molar-refractivity contribution in [3.63, 3.8) is 0 Å². The third-order valence-electron chi connectivity index (χ3n) is 13.2. The van der Waals surface area contributed by atoms with Crippen LogP contribution in [0.25, 0.3) is 0 Å². The van der Waals surface area contributed by atoms with Crippen molar-refractivity contribution in [3.8, 4) is 5.75 Å². The average molecular weight is 705 g/mol. The summed E-state index contributed by atoms with van der Waals surface area (Å²) in [5.74, 6) is 1.66. The number of carbonyl (C=O) groups is 2. The molecule has 0 heterocycles. The van der Waals surface area contributed by atoms with Gasteiger partial charge < -0.3 is 9.47 Å². The second-order valence-corrected chi connectivity index (χ2v) is 18.0. The molecule has 1 atom stereocenters. The monoisotopic (exact) mass is 704 g/mol. The maximum absolute atomic E-state index is 13.7. The Labute approximate surface area is 314 Å². The molecule has 52 heavy (non-hydrogen) atoms. The molecular formula is C48H64O4. The van der Waals surface area contributed by atoms with Gasteiger partial charge in [-0.3, -0.25) is 0 Å². The SMILES string of the molecule is CCCC(C)(C)OC(=O)c1cccc(C(=O)Oc2ccc(C(C)(C)c3ccc4c(c3)C3CCC(CC3)CCC4(C)CCC)cc2C2CCCCC2)c1. The summed E-state index contributed by atoms with van der Waals surface area (Å²) in [6.45, 7) is 15.5. The van der Waals surface area contributed by atoms with Crippen LogP contribution in [0.4, 0.5) is 0 Å². The number of carbonyl (C=O) groups excluding carboxylic acids is 2. The minimum Gasteiger partial charge on any atom is -0.456 e. The molecule has 2 fully saturated rings. The van der Waals surface area contributed by atoms with Crippen LogP contribution in [0.1, 0.15) is 205 Å². The number of hydrogen-bond acceptors (Lipinski definition) is 4. The van der Waals surface area contributed by atoms with Crippen LogP contribution in [0.3, 0.4) is 0 Å². The summed E-state index contributed by atoms with van der Waals surface area (Å²) in [5, 5.41) is 0. The van der Waals surface area contributed by atoms with E-state index in [0.29, 0.717) is 28.7 Å². The highest BCUT2D eigenvalue weighted by molar-refractivity contribution is 5.96. The molecule has 3 aromatic carbocycles. The van der Waals surface area contributed by atoms with Crippen LogP contribution >= 0.6 is 0 Å². The molecule has 4 aliphatic rings. The van der Waals surface area contributed by atoms with Gasteiger partial charge in [0.2, 0.25) is 0 Å². The maximum Gasteiger partial charge on any atom is 0.343 e. The summed E-state index contributed by atoms with van der Waals surface area (Å²) in [6.07, 6.45) is 18.0. The molecule has 4 nitrogen and oxygen atoms in total. The van der Waals surface area contributed by atoms with Gasteiger partial charge in [0.1, 0.15) is 11.4 Å². The second kappa shape index (κ2) is 15.9. The van der Waals surface area contributed by atoms with Crippen molar-refractivity contribution >= 4 is 11.9 Å². The van der Waals surface area contributed by atoms with Crippen LogP contribution in [0, 0.1) is 5.92 Å². The first kappa shape index (κ1) is 38.3. The van der Waals surface area contributed by atoms with Crippen molar-refractivity contribution in [3.05, 3.63) is 99.6 Å². The minimum atomic E-state index is -0.570. The first-order valence-electron chi connectivity index (χ1n) is 20.7. The third kappa shape index (κ3) is 8.37. The molecule has 0 radical (unpaired) electrons. The third-order valence-corrected chi connectivity index (χ3v) is 13.2. The Morgan fingerprint density at radius 1 is 0.712 bits per heavy atom. The summed E-state index contributed by atoms with van der Waals surface area (Å²) < 4.78 is 12.0. The molecular weight excluding hydrogens is 641 g/mol. The number of hydrogen-bond donors (Lipinski definition) is 0. The molecule has 0 aromatic heterocycles. The average Bonchev–Trinajstić information content (AvgIpc) is 3.22. The lowest BCUT2D eigenvalue weighted by Crippen LogP contribution is -2.28. The zero-order valence-electron chi connectivity index (χ0n) is 33.2. The zero-order valence-corrected chi connectivity index (χ0v) is 33.2. The fraction of sp³-hybridized carbons (Fsp3) is 0.583. The number of rotatable bonds is 11. The van der Waals surface area contributed by atoms with Gasteiger partial charge in [-0.1, -0.05) is 103 Å². The van der Waals surface area contributed by atoms with Gasteiger partial charge in [0, 0.05) is 5.41 Å². The Bertz CT molecular complexity index is 1720. The number of fused-ring (bicyclic) bond motifs is 4. The molecule has 4 heteroatoms. The van der Waals surface area contributed by atoms with Crippen molar-refractivity contribution in [1.29, 1.82) is 0 Å². The maximum atomic E-state index is 13.7. The molecule has 0 aliphatic heterocycles. The zero-order chi connectivity index (χ0) is 37.1. The molecule has 1 unspecified atom stereocenters. The van der Waals surface area contributed by atoms with E-state index in [2.05, 4.69) is 65.0 Å². The lowest BCUT2D eigenvalue weighted by molar-refractivity contribution is -0.00473. The van der Waals surface area contributed by atoms with Gasteiger partial charge in [0.05, 0.1) is 11.1 Å². The predicted octanol–water partition coefficient (Wildman–Crippen LogP) is 13.1. The van der Waals surface area contributed by atoms with Crippen LogP contribution in [-0.4, -0.2) is 17.5 Å². The Balaban J connectivity index is 1.31.